The Bertz CT molecular complexity index is 1420. The fourth-order valence-electron chi connectivity index (χ4n) is 4.94. The number of aliphatic hydroxyl groups excluding tert-OH is 1. The lowest BCUT2D eigenvalue weighted by Gasteiger charge is -2.27. The van der Waals surface area contributed by atoms with Crippen LogP contribution in [0.4, 0.5) is 0 Å². The zero-order valence-electron chi connectivity index (χ0n) is 23.3. The molecule has 1 atom stereocenters. The first-order valence-electron chi connectivity index (χ1n) is 12.9. The Morgan fingerprint density at radius 3 is 2.31 bits per heavy atom. The van der Waals surface area contributed by atoms with Gasteiger partial charge in [-0.05, 0) is 54.3 Å². The number of carbonyl (C=O) groups excluding carboxylic acids is 2. The minimum absolute atomic E-state index is 0.0218. The van der Waals surface area contributed by atoms with Crippen LogP contribution in [-0.2, 0) is 21.5 Å². The summed E-state index contributed by atoms with van der Waals surface area (Å²) < 4.78 is 16.8. The fourth-order valence-corrected chi connectivity index (χ4v) is 4.94. The van der Waals surface area contributed by atoms with Crippen molar-refractivity contribution in [3.05, 3.63) is 94.6 Å². The Hall–Kier alpha value is -4.26. The highest BCUT2D eigenvalue weighted by Gasteiger charge is 2.46. The number of hydrogen-bond acceptors (Lipinski definition) is 6. The smallest absolute Gasteiger partial charge is 0.295 e. The molecule has 3 aromatic carbocycles. The molecule has 204 valence electrons. The van der Waals surface area contributed by atoms with E-state index in [9.17, 15) is 14.7 Å². The normalized spacial score (nSPS) is 16.9. The summed E-state index contributed by atoms with van der Waals surface area (Å²) in [5.41, 5.74) is 2.43. The first-order chi connectivity index (χ1) is 18.6. The van der Waals surface area contributed by atoms with Gasteiger partial charge in [-0.15, -0.1) is 0 Å². The summed E-state index contributed by atoms with van der Waals surface area (Å²) in [6.45, 7) is 8.59. The number of methoxy groups -OCH3 is 2. The molecule has 0 spiro atoms. The second-order valence-electron chi connectivity index (χ2n) is 10.4. The Balaban J connectivity index is 1.92. The highest BCUT2D eigenvalue weighted by atomic mass is 16.5. The van der Waals surface area contributed by atoms with Crippen LogP contribution >= 0.6 is 0 Å². The van der Waals surface area contributed by atoms with Gasteiger partial charge in [0.05, 0.1) is 39.0 Å². The van der Waals surface area contributed by atoms with Crippen LogP contribution in [0.5, 0.6) is 17.2 Å². The monoisotopic (exact) mass is 529 g/mol. The standard InChI is InChI=1S/C32H35NO6/c1-7-39-23-13-10-12-20(17-23)28-27(29(34)21-15-16-26(38-6)24(18-21)32(2,3)4)30(35)31(36)33(28)19-22-11-8-9-14-25(22)37-5/h8-18,28,34H,7,19H2,1-6H3/b29-27+. The summed E-state index contributed by atoms with van der Waals surface area (Å²) in [6, 6.07) is 19.1. The van der Waals surface area contributed by atoms with Gasteiger partial charge in [-0.25, -0.2) is 0 Å². The predicted molar refractivity (Wildman–Crippen MR) is 150 cm³/mol. The third kappa shape index (κ3) is 5.48. The minimum atomic E-state index is -0.837. The molecule has 4 rings (SSSR count). The molecular weight excluding hydrogens is 494 g/mol. The van der Waals surface area contributed by atoms with Crippen LogP contribution < -0.4 is 14.2 Å². The first-order valence-corrected chi connectivity index (χ1v) is 12.9. The third-order valence-electron chi connectivity index (χ3n) is 6.84. The molecule has 1 saturated heterocycles. The molecule has 1 aliphatic heterocycles. The molecule has 3 aromatic rings. The van der Waals surface area contributed by atoms with Gasteiger partial charge in [0, 0.05) is 16.7 Å². The highest BCUT2D eigenvalue weighted by Crippen LogP contribution is 2.43. The van der Waals surface area contributed by atoms with E-state index in [1.54, 1.807) is 32.4 Å². The highest BCUT2D eigenvalue weighted by molar-refractivity contribution is 6.46. The maximum Gasteiger partial charge on any atom is 0.295 e. The molecule has 39 heavy (non-hydrogen) atoms. The van der Waals surface area contributed by atoms with Crippen molar-refractivity contribution in [2.24, 2.45) is 0 Å². The maximum absolute atomic E-state index is 13.6. The number of hydrogen-bond donors (Lipinski definition) is 1. The van der Waals surface area contributed by atoms with E-state index in [2.05, 4.69) is 0 Å². The second kappa shape index (κ2) is 11.2. The van der Waals surface area contributed by atoms with E-state index < -0.39 is 17.7 Å². The largest absolute Gasteiger partial charge is 0.507 e. The lowest BCUT2D eigenvalue weighted by molar-refractivity contribution is -0.140. The van der Waals surface area contributed by atoms with Crippen LogP contribution in [0.25, 0.3) is 5.76 Å². The number of para-hydroxylation sites is 1. The number of amides is 1. The van der Waals surface area contributed by atoms with Crippen molar-refractivity contribution < 1.29 is 28.9 Å². The number of carbonyl (C=O) groups is 2. The van der Waals surface area contributed by atoms with Crippen molar-refractivity contribution in [1.29, 1.82) is 0 Å². The number of benzene rings is 3. The average molecular weight is 530 g/mol. The molecule has 1 amide bonds. The molecule has 0 radical (unpaired) electrons. The summed E-state index contributed by atoms with van der Waals surface area (Å²) in [5.74, 6) is 0.206. The summed E-state index contributed by atoms with van der Waals surface area (Å²) in [5, 5.41) is 11.6. The Labute approximate surface area is 229 Å². The number of aliphatic hydroxyl groups is 1. The number of nitrogens with zero attached hydrogens (tertiary/aromatic N) is 1. The zero-order valence-corrected chi connectivity index (χ0v) is 23.3. The lowest BCUT2D eigenvalue weighted by atomic mass is 9.84. The molecule has 1 heterocycles. The van der Waals surface area contributed by atoms with Gasteiger partial charge in [-0.1, -0.05) is 51.1 Å². The number of Topliss-reactive ketones (excluding diaryl/α,β-unsaturated/α-hetero) is 1. The molecule has 1 unspecified atom stereocenters. The molecule has 1 fully saturated rings. The van der Waals surface area contributed by atoms with Crippen molar-refractivity contribution in [3.63, 3.8) is 0 Å². The van der Waals surface area contributed by atoms with E-state index in [1.807, 2.05) is 76.2 Å². The fraction of sp³-hybridized carbons (Fsp3) is 0.312. The Kier molecular flexibility index (Phi) is 8.00. The topological polar surface area (TPSA) is 85.3 Å². The van der Waals surface area contributed by atoms with E-state index in [0.717, 1.165) is 11.1 Å². The van der Waals surface area contributed by atoms with Crippen molar-refractivity contribution in [1.82, 2.24) is 4.90 Å². The molecule has 0 saturated carbocycles. The van der Waals surface area contributed by atoms with Crippen LogP contribution in [0.2, 0.25) is 0 Å². The lowest BCUT2D eigenvalue weighted by Crippen LogP contribution is -2.29. The summed E-state index contributed by atoms with van der Waals surface area (Å²) in [4.78, 5) is 28.6. The van der Waals surface area contributed by atoms with Crippen molar-refractivity contribution in [2.45, 2.75) is 45.7 Å². The molecular formula is C32H35NO6. The van der Waals surface area contributed by atoms with Gasteiger partial charge in [0.2, 0.25) is 0 Å². The third-order valence-corrected chi connectivity index (χ3v) is 6.84. The number of ketones is 1. The van der Waals surface area contributed by atoms with E-state index in [4.69, 9.17) is 14.2 Å². The van der Waals surface area contributed by atoms with Crippen LogP contribution in [-0.4, -0.2) is 42.5 Å². The van der Waals surface area contributed by atoms with Gasteiger partial charge in [-0.2, -0.15) is 0 Å². The van der Waals surface area contributed by atoms with Gasteiger partial charge < -0.3 is 24.2 Å². The molecule has 0 aromatic heterocycles. The summed E-state index contributed by atoms with van der Waals surface area (Å²) in [6.07, 6.45) is 0. The Morgan fingerprint density at radius 1 is 0.923 bits per heavy atom. The molecule has 1 aliphatic rings. The quantitative estimate of drug-likeness (QED) is 0.218. The Morgan fingerprint density at radius 2 is 1.64 bits per heavy atom. The van der Waals surface area contributed by atoms with E-state index in [0.29, 0.717) is 35.0 Å². The SMILES string of the molecule is CCOc1cccc(C2/C(=C(\O)c3ccc(OC)c(C(C)(C)C)c3)C(=O)C(=O)N2Cc2ccccc2OC)c1. The van der Waals surface area contributed by atoms with E-state index >= 15 is 0 Å². The van der Waals surface area contributed by atoms with Crippen molar-refractivity contribution >= 4 is 17.4 Å². The number of ether oxygens (including phenoxy) is 3. The average Bonchev–Trinajstić information content (AvgIpc) is 3.17. The summed E-state index contributed by atoms with van der Waals surface area (Å²) in [7, 11) is 3.16. The minimum Gasteiger partial charge on any atom is -0.507 e. The van der Waals surface area contributed by atoms with Gasteiger partial charge in [0.15, 0.2) is 0 Å². The maximum atomic E-state index is 13.6. The van der Waals surface area contributed by atoms with Crippen LogP contribution in [0, 0.1) is 0 Å². The molecule has 7 nitrogen and oxygen atoms in total. The molecule has 7 heteroatoms. The van der Waals surface area contributed by atoms with E-state index in [-0.39, 0.29) is 23.3 Å². The molecule has 0 aliphatic carbocycles. The second-order valence-corrected chi connectivity index (χ2v) is 10.4. The first kappa shape index (κ1) is 27.8. The zero-order chi connectivity index (χ0) is 28.3. The van der Waals surface area contributed by atoms with Gasteiger partial charge >= 0.3 is 0 Å². The predicted octanol–water partition coefficient (Wildman–Crippen LogP) is 6.02. The van der Waals surface area contributed by atoms with Crippen molar-refractivity contribution in [3.8, 4) is 17.2 Å². The van der Waals surface area contributed by atoms with Crippen LogP contribution in [0.1, 0.15) is 56.0 Å². The summed E-state index contributed by atoms with van der Waals surface area (Å²) >= 11 is 0. The van der Waals surface area contributed by atoms with Gasteiger partial charge in [0.1, 0.15) is 23.0 Å². The molecule has 0 bridgehead atoms. The van der Waals surface area contributed by atoms with Gasteiger partial charge in [-0.3, -0.25) is 9.59 Å². The van der Waals surface area contributed by atoms with Crippen LogP contribution in [0.15, 0.2) is 72.3 Å². The molecule has 1 N–H and O–H groups in total. The number of rotatable bonds is 8. The van der Waals surface area contributed by atoms with E-state index in [1.165, 1.54) is 4.90 Å². The van der Waals surface area contributed by atoms with Crippen LogP contribution in [0.3, 0.4) is 0 Å². The van der Waals surface area contributed by atoms with Gasteiger partial charge in [0.25, 0.3) is 11.7 Å². The van der Waals surface area contributed by atoms with Crippen molar-refractivity contribution in [2.75, 3.05) is 20.8 Å². The number of likely N-dealkylation sites (tertiary alicyclic amines) is 1.